The number of benzene rings is 2. The largest absolute Gasteiger partial charge is 0.497 e. The van der Waals surface area contributed by atoms with Crippen LogP contribution in [0.4, 0.5) is 25.1 Å². The maximum Gasteiger partial charge on any atom is 0.491 e. The average molecular weight is 517 g/mol. The number of nitrogens with one attached hydrogen (secondary N) is 1. The number of carbonyl (C=O) groups is 1. The number of aryl methyl sites for hydroxylation is 1. The zero-order valence-electron chi connectivity index (χ0n) is 20.4. The van der Waals surface area contributed by atoms with E-state index in [0.29, 0.717) is 28.1 Å². The third-order valence-electron chi connectivity index (χ3n) is 5.04. The molecular formula is C24H22F3N5O5. The first-order valence-corrected chi connectivity index (χ1v) is 10.9. The van der Waals surface area contributed by atoms with Gasteiger partial charge in [-0.15, -0.1) is 0 Å². The maximum atomic E-state index is 13.0. The Hall–Kier alpha value is -4.42. The van der Waals surface area contributed by atoms with Crippen molar-refractivity contribution in [2.24, 2.45) is 0 Å². The second kappa shape index (κ2) is 9.91. The van der Waals surface area contributed by atoms with E-state index in [1.165, 1.54) is 26.4 Å². The molecule has 0 bridgehead atoms. The van der Waals surface area contributed by atoms with Crippen LogP contribution in [0.5, 0.6) is 23.1 Å². The molecule has 0 aliphatic carbocycles. The van der Waals surface area contributed by atoms with E-state index >= 15 is 0 Å². The number of halogens is 3. The highest BCUT2D eigenvalue weighted by Gasteiger charge is 2.42. The van der Waals surface area contributed by atoms with Gasteiger partial charge in [0.15, 0.2) is 0 Å². The fourth-order valence-corrected chi connectivity index (χ4v) is 3.50. The Labute approximate surface area is 208 Å². The molecule has 0 saturated carbocycles. The van der Waals surface area contributed by atoms with E-state index < -0.39 is 18.0 Å². The number of carbonyl (C=O) groups excluding carboxylic acids is 1. The molecule has 0 aliphatic heterocycles. The van der Waals surface area contributed by atoms with Gasteiger partial charge in [-0.25, -0.2) is 19.7 Å². The van der Waals surface area contributed by atoms with Gasteiger partial charge < -0.3 is 18.9 Å². The quantitative estimate of drug-likeness (QED) is 0.339. The third-order valence-corrected chi connectivity index (χ3v) is 5.04. The first-order valence-electron chi connectivity index (χ1n) is 10.9. The van der Waals surface area contributed by atoms with Crippen molar-refractivity contribution in [2.45, 2.75) is 33.1 Å². The molecule has 194 valence electrons. The van der Waals surface area contributed by atoms with Gasteiger partial charge in [-0.2, -0.15) is 18.2 Å². The van der Waals surface area contributed by atoms with Gasteiger partial charge in [0.25, 0.3) is 0 Å². The molecule has 10 nitrogen and oxygen atoms in total. The van der Waals surface area contributed by atoms with Gasteiger partial charge in [0, 0.05) is 11.5 Å². The van der Waals surface area contributed by atoms with Crippen LogP contribution >= 0.6 is 0 Å². The predicted molar refractivity (Wildman–Crippen MR) is 128 cm³/mol. The molecule has 0 fully saturated rings. The molecule has 0 spiro atoms. The van der Waals surface area contributed by atoms with Crippen LogP contribution in [0.3, 0.4) is 0 Å². The molecule has 2 heterocycles. The van der Waals surface area contributed by atoms with E-state index in [9.17, 15) is 18.0 Å². The van der Waals surface area contributed by atoms with Crippen LogP contribution in [0, 0.1) is 6.92 Å². The van der Waals surface area contributed by atoms with Gasteiger partial charge in [-0.1, -0.05) is 6.07 Å². The summed E-state index contributed by atoms with van der Waals surface area (Å²) in [5.74, 6) is -2.12. The van der Waals surface area contributed by atoms with Crippen molar-refractivity contribution in [2.75, 3.05) is 19.5 Å². The fraction of sp³-hybridized carbons (Fsp3) is 0.292. The molecule has 0 unspecified atom stereocenters. The molecule has 1 N–H and O–H groups in total. The summed E-state index contributed by atoms with van der Waals surface area (Å²) < 4.78 is 60.0. The minimum Gasteiger partial charge on any atom is -0.497 e. The number of ether oxygens (including phenoxy) is 4. The Morgan fingerprint density at radius 2 is 1.70 bits per heavy atom. The number of anilines is 2. The van der Waals surface area contributed by atoms with E-state index in [1.54, 1.807) is 39.0 Å². The minimum absolute atomic E-state index is 0.00345. The van der Waals surface area contributed by atoms with Gasteiger partial charge in [0.05, 0.1) is 31.5 Å². The topological polar surface area (TPSA) is 118 Å². The Bertz CT molecular complexity index is 1490. The second-order valence-electron chi connectivity index (χ2n) is 8.04. The number of alkyl halides is 3. The monoisotopic (exact) mass is 517 g/mol. The fourth-order valence-electron chi connectivity index (χ4n) is 3.50. The summed E-state index contributed by atoms with van der Waals surface area (Å²) in [6.45, 7) is 5.21. The summed E-state index contributed by atoms with van der Waals surface area (Å²) in [4.78, 5) is 28.9. The number of methoxy groups -OCH3 is 2. The van der Waals surface area contributed by atoms with Crippen molar-refractivity contribution < 1.29 is 36.9 Å². The lowest BCUT2D eigenvalue weighted by Gasteiger charge is -2.16. The first kappa shape index (κ1) is 25.7. The lowest BCUT2D eigenvalue weighted by molar-refractivity contribution is -0.189. The van der Waals surface area contributed by atoms with E-state index in [-0.39, 0.29) is 34.7 Å². The number of fused-ring (bicyclic) bond motifs is 2. The van der Waals surface area contributed by atoms with Crippen LogP contribution < -0.4 is 24.3 Å². The Balaban J connectivity index is 1.83. The summed E-state index contributed by atoms with van der Waals surface area (Å²) in [5.41, 5.74) is 1.18. The Morgan fingerprint density at radius 1 is 0.973 bits per heavy atom. The summed E-state index contributed by atoms with van der Waals surface area (Å²) in [6, 6.07) is 8.02. The summed E-state index contributed by atoms with van der Waals surface area (Å²) >= 11 is 0. The highest BCUT2D eigenvalue weighted by atomic mass is 19.4. The Morgan fingerprint density at radius 3 is 2.35 bits per heavy atom. The minimum atomic E-state index is -5.24. The van der Waals surface area contributed by atoms with E-state index in [2.05, 4.69) is 30.0 Å². The van der Waals surface area contributed by atoms with Crippen LogP contribution in [0.15, 0.2) is 30.3 Å². The highest BCUT2D eigenvalue weighted by Crippen LogP contribution is 2.36. The van der Waals surface area contributed by atoms with Gasteiger partial charge in [0.1, 0.15) is 28.2 Å². The third kappa shape index (κ3) is 5.39. The van der Waals surface area contributed by atoms with Gasteiger partial charge in [-0.05, 0) is 39.0 Å². The number of hydrogen-bond donors (Lipinski definition) is 1. The van der Waals surface area contributed by atoms with Crippen molar-refractivity contribution >= 4 is 39.7 Å². The summed E-state index contributed by atoms with van der Waals surface area (Å²) in [6.07, 6.45) is -5.56. The molecule has 4 aromatic rings. The van der Waals surface area contributed by atoms with Crippen molar-refractivity contribution in [3.05, 3.63) is 36.0 Å². The molecule has 0 aliphatic rings. The standard InChI is InChI=1S/C24H22F3N5O5/c1-11(2)36-16-8-6-7-15-18(16)20(37-21(33)24(25,26)27)31-23(29-15)32-22-28-12(3)14-9-13(34-4)10-17(35-5)19(14)30-22/h6-11H,1-5H3,(H,28,29,30,31,32). The van der Waals surface area contributed by atoms with Crippen molar-refractivity contribution in [3.63, 3.8) is 0 Å². The zero-order chi connectivity index (χ0) is 26.9. The van der Waals surface area contributed by atoms with Crippen molar-refractivity contribution in [1.29, 1.82) is 0 Å². The van der Waals surface area contributed by atoms with Crippen LogP contribution in [0.2, 0.25) is 0 Å². The normalized spacial score (nSPS) is 11.6. The number of rotatable bonds is 7. The molecule has 0 radical (unpaired) electrons. The van der Waals surface area contributed by atoms with E-state index in [1.807, 2.05) is 0 Å². The number of aromatic nitrogens is 4. The number of nitrogens with zero attached hydrogens (tertiary/aromatic N) is 4. The van der Waals surface area contributed by atoms with Crippen molar-refractivity contribution in [1.82, 2.24) is 19.9 Å². The summed E-state index contributed by atoms with van der Waals surface area (Å²) in [5, 5.41) is 3.44. The molecule has 0 saturated heterocycles. The van der Waals surface area contributed by atoms with Crippen LogP contribution in [-0.4, -0.2) is 52.4 Å². The summed E-state index contributed by atoms with van der Waals surface area (Å²) in [7, 11) is 2.99. The van der Waals surface area contributed by atoms with Gasteiger partial charge in [0.2, 0.25) is 17.8 Å². The second-order valence-corrected chi connectivity index (χ2v) is 8.04. The molecular weight excluding hydrogens is 495 g/mol. The van der Waals surface area contributed by atoms with Gasteiger partial charge in [-0.3, -0.25) is 5.32 Å². The zero-order valence-corrected chi connectivity index (χ0v) is 20.4. The highest BCUT2D eigenvalue weighted by molar-refractivity contribution is 5.93. The molecule has 4 rings (SSSR count). The molecule has 0 amide bonds. The van der Waals surface area contributed by atoms with Gasteiger partial charge >= 0.3 is 12.1 Å². The molecule has 37 heavy (non-hydrogen) atoms. The first-order chi connectivity index (χ1) is 17.5. The lowest BCUT2D eigenvalue weighted by Crippen LogP contribution is -2.28. The predicted octanol–water partition coefficient (Wildman–Crippen LogP) is 4.90. The Kier molecular flexibility index (Phi) is 6.88. The molecule has 2 aromatic carbocycles. The van der Waals surface area contributed by atoms with Crippen LogP contribution in [0.1, 0.15) is 19.5 Å². The number of esters is 1. The van der Waals surface area contributed by atoms with Crippen LogP contribution in [-0.2, 0) is 4.79 Å². The maximum absolute atomic E-state index is 13.0. The van der Waals surface area contributed by atoms with Crippen molar-refractivity contribution in [3.8, 4) is 23.1 Å². The molecule has 13 heteroatoms. The molecule has 2 aromatic heterocycles. The SMILES string of the molecule is COc1cc(OC)c2nc(Nc3nc(OC(=O)C(F)(F)F)c4c(OC(C)C)cccc4n3)nc(C)c2c1. The van der Waals surface area contributed by atoms with E-state index in [0.717, 1.165) is 0 Å². The van der Waals surface area contributed by atoms with E-state index in [4.69, 9.17) is 14.2 Å². The molecule has 0 atom stereocenters. The smallest absolute Gasteiger partial charge is 0.491 e. The lowest BCUT2D eigenvalue weighted by atomic mass is 10.1. The number of hydrogen-bond acceptors (Lipinski definition) is 10. The van der Waals surface area contributed by atoms with Crippen LogP contribution in [0.25, 0.3) is 21.8 Å². The average Bonchev–Trinajstić information content (AvgIpc) is 2.82.